The topological polar surface area (TPSA) is 73.0 Å². The summed E-state index contributed by atoms with van der Waals surface area (Å²) in [4.78, 5) is 27.7. The molecule has 0 spiro atoms. The van der Waals surface area contributed by atoms with Crippen LogP contribution in [-0.2, 0) is 18.3 Å². The Morgan fingerprint density at radius 3 is 2.55 bits per heavy atom. The van der Waals surface area contributed by atoms with Gasteiger partial charge in [-0.3, -0.25) is 14.3 Å². The summed E-state index contributed by atoms with van der Waals surface area (Å²) in [7, 11) is 1.88. The molecular weight excluding hydrogens is 366 g/mol. The zero-order valence-electron chi connectivity index (χ0n) is 17.4. The zero-order valence-corrected chi connectivity index (χ0v) is 17.4. The molecule has 4 rings (SSSR count). The highest BCUT2D eigenvalue weighted by Gasteiger charge is 2.34. The standard InChI is InChI=1S/C22H25N5O2/c1-13-12-17-8-6-7-9-19(17)26(13)22(29)16(4)27-20(28)11-10-18(24-27)21-14(2)23-25(5)15(21)3/h6-11,13,16H,12H2,1-5H3. The zero-order chi connectivity index (χ0) is 20.9. The van der Waals surface area contributed by atoms with Gasteiger partial charge in [0.1, 0.15) is 6.04 Å². The van der Waals surface area contributed by atoms with Crippen LogP contribution in [-0.4, -0.2) is 31.5 Å². The molecule has 0 bridgehead atoms. The summed E-state index contributed by atoms with van der Waals surface area (Å²) in [6.45, 7) is 7.64. The summed E-state index contributed by atoms with van der Waals surface area (Å²) in [5, 5.41) is 8.99. The lowest BCUT2D eigenvalue weighted by atomic mass is 10.1. The van der Waals surface area contributed by atoms with Crippen molar-refractivity contribution in [1.82, 2.24) is 19.6 Å². The highest BCUT2D eigenvalue weighted by atomic mass is 16.2. The van der Waals surface area contributed by atoms with Gasteiger partial charge in [0.25, 0.3) is 11.5 Å². The van der Waals surface area contributed by atoms with Gasteiger partial charge in [-0.15, -0.1) is 0 Å². The first-order chi connectivity index (χ1) is 13.8. The molecule has 0 aliphatic carbocycles. The molecule has 0 saturated heterocycles. The van der Waals surface area contributed by atoms with Crippen LogP contribution in [0.1, 0.15) is 36.8 Å². The van der Waals surface area contributed by atoms with Crippen molar-refractivity contribution < 1.29 is 4.79 Å². The van der Waals surface area contributed by atoms with Crippen molar-refractivity contribution in [3.05, 3.63) is 63.7 Å². The van der Waals surface area contributed by atoms with Crippen LogP contribution in [0.15, 0.2) is 41.2 Å². The molecule has 7 heteroatoms. The van der Waals surface area contributed by atoms with E-state index >= 15 is 0 Å². The van der Waals surface area contributed by atoms with E-state index in [4.69, 9.17) is 0 Å². The van der Waals surface area contributed by atoms with Gasteiger partial charge in [-0.1, -0.05) is 18.2 Å². The molecule has 1 aromatic carbocycles. The van der Waals surface area contributed by atoms with Crippen LogP contribution in [0, 0.1) is 13.8 Å². The molecule has 0 radical (unpaired) electrons. The second-order valence-electron chi connectivity index (χ2n) is 7.74. The lowest BCUT2D eigenvalue weighted by Crippen LogP contribution is -2.42. The van der Waals surface area contributed by atoms with Crippen molar-refractivity contribution in [1.29, 1.82) is 0 Å². The number of rotatable bonds is 3. The summed E-state index contributed by atoms with van der Waals surface area (Å²) in [6, 6.07) is 10.4. The van der Waals surface area contributed by atoms with Gasteiger partial charge in [0.05, 0.1) is 11.4 Å². The number of amides is 1. The molecule has 2 aromatic heterocycles. The highest BCUT2D eigenvalue weighted by molar-refractivity contribution is 5.98. The van der Waals surface area contributed by atoms with Crippen molar-refractivity contribution in [2.24, 2.45) is 7.05 Å². The van der Waals surface area contributed by atoms with Crippen LogP contribution < -0.4 is 10.5 Å². The third-order valence-corrected chi connectivity index (χ3v) is 5.76. The van der Waals surface area contributed by atoms with E-state index in [9.17, 15) is 9.59 Å². The van der Waals surface area contributed by atoms with Crippen LogP contribution in [0.4, 0.5) is 5.69 Å². The Balaban J connectivity index is 1.73. The fraction of sp³-hybridized carbons (Fsp3) is 0.364. The fourth-order valence-electron chi connectivity index (χ4n) is 4.19. The molecule has 7 nitrogen and oxygen atoms in total. The molecule has 2 unspecified atom stereocenters. The monoisotopic (exact) mass is 391 g/mol. The van der Waals surface area contributed by atoms with E-state index in [1.165, 1.54) is 10.7 Å². The molecule has 1 amide bonds. The van der Waals surface area contributed by atoms with Crippen molar-refractivity contribution >= 4 is 11.6 Å². The van der Waals surface area contributed by atoms with Crippen LogP contribution in [0.25, 0.3) is 11.3 Å². The molecule has 150 valence electrons. The Morgan fingerprint density at radius 2 is 1.86 bits per heavy atom. The number of anilines is 1. The van der Waals surface area contributed by atoms with Gasteiger partial charge in [0, 0.05) is 36.1 Å². The molecule has 1 aliphatic heterocycles. The van der Waals surface area contributed by atoms with Gasteiger partial charge in [0.15, 0.2) is 0 Å². The minimum absolute atomic E-state index is 0.0454. The Hall–Kier alpha value is -3.22. The largest absolute Gasteiger partial charge is 0.307 e. The summed E-state index contributed by atoms with van der Waals surface area (Å²) >= 11 is 0. The molecule has 1 aliphatic rings. The summed E-state index contributed by atoms with van der Waals surface area (Å²) in [5.41, 5.74) is 5.10. The molecular formula is C22H25N5O2. The predicted octanol–water partition coefficient (Wildman–Crippen LogP) is 2.80. The quantitative estimate of drug-likeness (QED) is 0.688. The van der Waals surface area contributed by atoms with E-state index in [0.717, 1.165) is 34.6 Å². The second-order valence-corrected chi connectivity index (χ2v) is 7.74. The molecule has 0 saturated carbocycles. The van der Waals surface area contributed by atoms with Crippen LogP contribution >= 0.6 is 0 Å². The second kappa shape index (κ2) is 6.99. The first-order valence-corrected chi connectivity index (χ1v) is 9.81. The minimum Gasteiger partial charge on any atom is -0.307 e. The van der Waals surface area contributed by atoms with E-state index in [1.54, 1.807) is 22.6 Å². The van der Waals surface area contributed by atoms with E-state index in [-0.39, 0.29) is 17.5 Å². The number of aromatic nitrogens is 4. The average molecular weight is 391 g/mol. The number of para-hydroxylation sites is 1. The number of carbonyl (C=O) groups is 1. The van der Waals surface area contributed by atoms with Gasteiger partial charge in [0.2, 0.25) is 0 Å². The lowest BCUT2D eigenvalue weighted by Gasteiger charge is -2.26. The third-order valence-electron chi connectivity index (χ3n) is 5.76. The Morgan fingerprint density at radius 1 is 1.14 bits per heavy atom. The molecule has 0 fully saturated rings. The van der Waals surface area contributed by atoms with Gasteiger partial charge >= 0.3 is 0 Å². The Labute approximate surface area is 169 Å². The molecule has 2 atom stereocenters. The van der Waals surface area contributed by atoms with Crippen LogP contribution in [0.5, 0.6) is 0 Å². The number of benzene rings is 1. The van der Waals surface area contributed by atoms with Crippen LogP contribution in [0.2, 0.25) is 0 Å². The average Bonchev–Trinajstić information content (AvgIpc) is 3.16. The number of hydrogen-bond donors (Lipinski definition) is 0. The maximum absolute atomic E-state index is 13.4. The molecule has 29 heavy (non-hydrogen) atoms. The number of aryl methyl sites for hydroxylation is 2. The molecule has 3 heterocycles. The van der Waals surface area contributed by atoms with Gasteiger partial charge < -0.3 is 4.90 Å². The first-order valence-electron chi connectivity index (χ1n) is 9.81. The summed E-state index contributed by atoms with van der Waals surface area (Å²) < 4.78 is 3.08. The number of hydrogen-bond acceptors (Lipinski definition) is 4. The Kier molecular flexibility index (Phi) is 4.61. The molecule has 0 N–H and O–H groups in total. The van der Waals surface area contributed by atoms with Crippen LogP contribution in [0.3, 0.4) is 0 Å². The predicted molar refractivity (Wildman–Crippen MR) is 112 cm³/mol. The Bertz CT molecular complexity index is 1160. The van der Waals surface area contributed by atoms with Crippen molar-refractivity contribution in [2.45, 2.75) is 46.2 Å². The summed E-state index contributed by atoms with van der Waals surface area (Å²) in [6.07, 6.45) is 0.811. The SMILES string of the molecule is Cc1nn(C)c(C)c1-c1ccc(=O)n(C(C)C(=O)N2c3ccccc3CC2C)n1. The van der Waals surface area contributed by atoms with E-state index in [0.29, 0.717) is 5.69 Å². The number of nitrogens with zero attached hydrogens (tertiary/aromatic N) is 5. The van der Waals surface area contributed by atoms with Crippen molar-refractivity contribution in [3.8, 4) is 11.3 Å². The van der Waals surface area contributed by atoms with Gasteiger partial charge in [-0.25, -0.2) is 4.68 Å². The van der Waals surface area contributed by atoms with Crippen molar-refractivity contribution in [2.75, 3.05) is 4.90 Å². The van der Waals surface area contributed by atoms with E-state index < -0.39 is 6.04 Å². The van der Waals surface area contributed by atoms with Gasteiger partial charge in [-0.05, 0) is 51.8 Å². The normalized spacial score (nSPS) is 16.7. The summed E-state index contributed by atoms with van der Waals surface area (Å²) in [5.74, 6) is -0.131. The fourth-order valence-corrected chi connectivity index (χ4v) is 4.19. The lowest BCUT2D eigenvalue weighted by molar-refractivity contribution is -0.121. The van der Waals surface area contributed by atoms with E-state index in [2.05, 4.69) is 10.2 Å². The van der Waals surface area contributed by atoms with Gasteiger partial charge in [-0.2, -0.15) is 10.2 Å². The minimum atomic E-state index is -0.715. The third kappa shape index (κ3) is 3.06. The first kappa shape index (κ1) is 19.1. The maximum atomic E-state index is 13.4. The smallest absolute Gasteiger partial charge is 0.267 e. The number of fused-ring (bicyclic) bond motifs is 1. The molecule has 3 aromatic rings. The maximum Gasteiger partial charge on any atom is 0.267 e. The highest BCUT2D eigenvalue weighted by Crippen LogP contribution is 2.33. The van der Waals surface area contributed by atoms with E-state index in [1.807, 2.05) is 52.1 Å². The van der Waals surface area contributed by atoms with Crippen molar-refractivity contribution in [3.63, 3.8) is 0 Å². The number of carbonyl (C=O) groups excluding carboxylic acids is 1.